The highest BCUT2D eigenvalue weighted by atomic mass is 19.1. The maximum atomic E-state index is 14.1. The third-order valence-corrected chi connectivity index (χ3v) is 4.73. The van der Waals surface area contributed by atoms with Crippen molar-refractivity contribution in [3.8, 4) is 0 Å². The molecule has 5 heteroatoms. The van der Waals surface area contributed by atoms with E-state index >= 15 is 0 Å². The molecule has 2 heterocycles. The van der Waals surface area contributed by atoms with Crippen molar-refractivity contribution in [1.29, 1.82) is 0 Å². The molecule has 1 atom stereocenters. The highest BCUT2D eigenvalue weighted by molar-refractivity contribution is 5.93. The standard InChI is InChI=1S/C20H26FN3O/c1-13(2)18-12-16(22-24(18)20(3,4)5)19(25)23-11-10-17(23)14-8-6-7-9-15(14)21/h6-9,12-13,17H,10-11H2,1-5H3/t17-/m0/s1. The van der Waals surface area contributed by atoms with Crippen LogP contribution in [-0.2, 0) is 5.54 Å². The molecule has 1 amide bonds. The molecule has 1 aromatic heterocycles. The van der Waals surface area contributed by atoms with Crippen LogP contribution in [-0.4, -0.2) is 27.1 Å². The molecule has 25 heavy (non-hydrogen) atoms. The van der Waals surface area contributed by atoms with Crippen LogP contribution in [0.5, 0.6) is 0 Å². The van der Waals surface area contributed by atoms with E-state index in [1.54, 1.807) is 17.0 Å². The lowest BCUT2D eigenvalue weighted by Crippen LogP contribution is -2.45. The van der Waals surface area contributed by atoms with Gasteiger partial charge in [0.1, 0.15) is 5.82 Å². The first-order chi connectivity index (χ1) is 11.7. The van der Waals surface area contributed by atoms with Gasteiger partial charge in [-0.25, -0.2) is 4.39 Å². The van der Waals surface area contributed by atoms with Crippen LogP contribution in [0.4, 0.5) is 4.39 Å². The maximum Gasteiger partial charge on any atom is 0.274 e. The Bertz CT molecular complexity index is 788. The van der Waals surface area contributed by atoms with Crippen molar-refractivity contribution in [3.63, 3.8) is 0 Å². The third-order valence-electron chi connectivity index (χ3n) is 4.73. The fourth-order valence-corrected chi connectivity index (χ4v) is 3.29. The Kier molecular flexibility index (Phi) is 4.43. The number of halogens is 1. The van der Waals surface area contributed by atoms with Crippen molar-refractivity contribution in [2.24, 2.45) is 0 Å². The minimum atomic E-state index is -0.256. The molecule has 0 N–H and O–H groups in total. The summed E-state index contributed by atoms with van der Waals surface area (Å²) in [6, 6.07) is 8.37. The van der Waals surface area contributed by atoms with Crippen molar-refractivity contribution in [3.05, 3.63) is 53.1 Å². The summed E-state index contributed by atoms with van der Waals surface area (Å²) in [5.41, 5.74) is 1.87. The second kappa shape index (κ2) is 6.28. The van der Waals surface area contributed by atoms with Gasteiger partial charge in [-0.3, -0.25) is 9.48 Å². The molecule has 3 rings (SSSR count). The lowest BCUT2D eigenvalue weighted by atomic mass is 9.93. The van der Waals surface area contributed by atoms with E-state index < -0.39 is 0 Å². The van der Waals surface area contributed by atoms with Gasteiger partial charge in [-0.05, 0) is 45.2 Å². The summed E-state index contributed by atoms with van der Waals surface area (Å²) in [5, 5.41) is 4.59. The van der Waals surface area contributed by atoms with E-state index in [2.05, 4.69) is 39.7 Å². The van der Waals surface area contributed by atoms with E-state index in [0.717, 1.165) is 12.1 Å². The van der Waals surface area contributed by atoms with E-state index in [9.17, 15) is 9.18 Å². The summed E-state index contributed by atoms with van der Waals surface area (Å²) in [6.45, 7) is 11.1. The van der Waals surface area contributed by atoms with Gasteiger partial charge in [-0.15, -0.1) is 0 Å². The zero-order chi connectivity index (χ0) is 18.4. The zero-order valence-corrected chi connectivity index (χ0v) is 15.6. The van der Waals surface area contributed by atoms with Gasteiger partial charge in [0, 0.05) is 17.8 Å². The molecule has 1 fully saturated rings. The van der Waals surface area contributed by atoms with Gasteiger partial charge in [-0.2, -0.15) is 5.10 Å². The first kappa shape index (κ1) is 17.6. The number of likely N-dealkylation sites (tertiary alicyclic amines) is 1. The highest BCUT2D eigenvalue weighted by Crippen LogP contribution is 2.36. The van der Waals surface area contributed by atoms with E-state index in [1.165, 1.54) is 6.07 Å². The highest BCUT2D eigenvalue weighted by Gasteiger charge is 2.37. The maximum absolute atomic E-state index is 14.1. The summed E-state index contributed by atoms with van der Waals surface area (Å²) in [5.74, 6) is -0.107. The summed E-state index contributed by atoms with van der Waals surface area (Å²) < 4.78 is 16.0. The van der Waals surface area contributed by atoms with Crippen molar-refractivity contribution in [1.82, 2.24) is 14.7 Å². The van der Waals surface area contributed by atoms with Crippen LogP contribution < -0.4 is 0 Å². The number of hydrogen-bond donors (Lipinski definition) is 0. The van der Waals surface area contributed by atoms with Crippen LogP contribution >= 0.6 is 0 Å². The molecular formula is C20H26FN3O. The molecule has 0 bridgehead atoms. The Morgan fingerprint density at radius 3 is 2.44 bits per heavy atom. The molecule has 1 aliphatic heterocycles. The molecule has 0 spiro atoms. The Morgan fingerprint density at radius 2 is 1.96 bits per heavy atom. The van der Waals surface area contributed by atoms with Crippen molar-refractivity contribution < 1.29 is 9.18 Å². The number of benzene rings is 1. The van der Waals surface area contributed by atoms with Gasteiger partial charge >= 0.3 is 0 Å². The second-order valence-electron chi connectivity index (χ2n) is 8.02. The number of nitrogens with zero attached hydrogens (tertiary/aromatic N) is 3. The van der Waals surface area contributed by atoms with E-state index in [4.69, 9.17) is 0 Å². The third kappa shape index (κ3) is 3.20. The Balaban J connectivity index is 1.90. The topological polar surface area (TPSA) is 38.1 Å². The van der Waals surface area contributed by atoms with Gasteiger partial charge < -0.3 is 4.90 Å². The van der Waals surface area contributed by atoms with E-state index in [0.29, 0.717) is 17.8 Å². The molecule has 1 aliphatic rings. The van der Waals surface area contributed by atoms with Gasteiger partial charge in [-0.1, -0.05) is 32.0 Å². The molecule has 0 saturated carbocycles. The normalized spacial score (nSPS) is 17.7. The van der Waals surface area contributed by atoms with Crippen LogP contribution in [0.2, 0.25) is 0 Å². The van der Waals surface area contributed by atoms with Gasteiger partial charge in [0.25, 0.3) is 5.91 Å². The zero-order valence-electron chi connectivity index (χ0n) is 15.6. The Labute approximate surface area is 148 Å². The molecular weight excluding hydrogens is 317 g/mol. The van der Waals surface area contributed by atoms with Gasteiger partial charge in [0.15, 0.2) is 5.69 Å². The number of rotatable bonds is 3. The molecule has 0 aliphatic carbocycles. The predicted molar refractivity (Wildman–Crippen MR) is 96.1 cm³/mol. The second-order valence-corrected chi connectivity index (χ2v) is 8.02. The lowest BCUT2D eigenvalue weighted by Gasteiger charge is -2.41. The van der Waals surface area contributed by atoms with E-state index in [1.807, 2.05) is 16.8 Å². The smallest absolute Gasteiger partial charge is 0.274 e. The number of amides is 1. The number of carbonyl (C=O) groups is 1. The number of carbonyl (C=O) groups excluding carboxylic acids is 1. The van der Waals surface area contributed by atoms with Crippen LogP contribution in [0.1, 0.15) is 74.7 Å². The van der Waals surface area contributed by atoms with E-state index in [-0.39, 0.29) is 29.2 Å². The molecule has 0 radical (unpaired) electrons. The lowest BCUT2D eigenvalue weighted by molar-refractivity contribution is 0.0445. The fourth-order valence-electron chi connectivity index (χ4n) is 3.29. The quantitative estimate of drug-likeness (QED) is 0.824. The van der Waals surface area contributed by atoms with Crippen LogP contribution in [0, 0.1) is 5.82 Å². The van der Waals surface area contributed by atoms with Crippen molar-refractivity contribution >= 4 is 5.91 Å². The Morgan fingerprint density at radius 1 is 1.28 bits per heavy atom. The van der Waals surface area contributed by atoms with Crippen LogP contribution in [0.25, 0.3) is 0 Å². The molecule has 0 unspecified atom stereocenters. The van der Waals surface area contributed by atoms with Gasteiger partial charge in [0.2, 0.25) is 0 Å². The van der Waals surface area contributed by atoms with Crippen molar-refractivity contribution in [2.45, 2.75) is 58.5 Å². The van der Waals surface area contributed by atoms with Crippen LogP contribution in [0.15, 0.2) is 30.3 Å². The number of aromatic nitrogens is 2. The van der Waals surface area contributed by atoms with Crippen molar-refractivity contribution in [2.75, 3.05) is 6.54 Å². The monoisotopic (exact) mass is 343 g/mol. The molecule has 1 saturated heterocycles. The predicted octanol–water partition coefficient (Wildman–Crippen LogP) is 4.49. The summed E-state index contributed by atoms with van der Waals surface area (Å²) in [6.07, 6.45) is 0.781. The average molecular weight is 343 g/mol. The SMILES string of the molecule is CC(C)c1cc(C(=O)N2CC[C@H]2c2ccccc2F)nn1C(C)(C)C. The van der Waals surface area contributed by atoms with Gasteiger partial charge in [0.05, 0.1) is 11.6 Å². The minimum absolute atomic E-state index is 0.121. The summed E-state index contributed by atoms with van der Waals surface area (Å²) in [4.78, 5) is 14.7. The largest absolute Gasteiger partial charge is 0.330 e. The Hall–Kier alpha value is -2.17. The molecule has 134 valence electrons. The molecule has 1 aromatic carbocycles. The average Bonchev–Trinajstić information content (AvgIpc) is 2.94. The fraction of sp³-hybridized carbons (Fsp3) is 0.500. The summed E-state index contributed by atoms with van der Waals surface area (Å²) in [7, 11) is 0. The number of hydrogen-bond acceptors (Lipinski definition) is 2. The summed E-state index contributed by atoms with van der Waals surface area (Å²) >= 11 is 0. The first-order valence-corrected chi connectivity index (χ1v) is 8.86. The van der Waals surface area contributed by atoms with Crippen LogP contribution in [0.3, 0.4) is 0 Å². The minimum Gasteiger partial charge on any atom is -0.330 e. The molecule has 4 nitrogen and oxygen atoms in total. The first-order valence-electron chi connectivity index (χ1n) is 8.86. The molecule has 2 aromatic rings.